The number of nitrogens with one attached hydrogen (secondary N) is 1. The molecule has 1 aliphatic rings. The molecule has 0 saturated carbocycles. The molecular formula is C24H27N5O2S2. The second-order valence-electron chi connectivity index (χ2n) is 8.07. The first-order valence-electron chi connectivity index (χ1n) is 11.2. The van der Waals surface area contributed by atoms with Crippen molar-refractivity contribution in [2.24, 2.45) is 0 Å². The average Bonchev–Trinajstić information content (AvgIpc) is 3.55. The molecular weight excluding hydrogens is 454 g/mol. The number of methoxy groups -OCH3 is 1. The summed E-state index contributed by atoms with van der Waals surface area (Å²) in [6.45, 7) is 4.03. The number of rotatable bonds is 9. The van der Waals surface area contributed by atoms with Crippen molar-refractivity contribution in [3.63, 3.8) is 0 Å². The molecule has 1 N–H and O–H groups in total. The highest BCUT2D eigenvalue weighted by molar-refractivity contribution is 7.99. The van der Waals surface area contributed by atoms with E-state index >= 15 is 0 Å². The van der Waals surface area contributed by atoms with Crippen molar-refractivity contribution in [2.45, 2.75) is 30.5 Å². The molecule has 0 bridgehead atoms. The van der Waals surface area contributed by atoms with Crippen molar-refractivity contribution in [2.75, 3.05) is 32.5 Å². The molecule has 0 unspecified atom stereocenters. The summed E-state index contributed by atoms with van der Waals surface area (Å²) in [5.74, 6) is 2.67. The molecule has 1 aliphatic heterocycles. The summed E-state index contributed by atoms with van der Waals surface area (Å²) in [6, 6.07) is 12.4. The highest BCUT2D eigenvalue weighted by Crippen LogP contribution is 2.25. The number of ether oxygens (including phenoxy) is 1. The van der Waals surface area contributed by atoms with E-state index in [9.17, 15) is 0 Å². The minimum atomic E-state index is 0.525. The zero-order valence-corrected chi connectivity index (χ0v) is 20.2. The van der Waals surface area contributed by atoms with Crippen LogP contribution < -0.4 is 10.1 Å². The summed E-state index contributed by atoms with van der Waals surface area (Å²) in [4.78, 5) is 12.9. The monoisotopic (exact) mass is 481 g/mol. The molecule has 4 heterocycles. The lowest BCUT2D eigenvalue weighted by Crippen LogP contribution is -2.42. The van der Waals surface area contributed by atoms with Crippen LogP contribution in [0.5, 0.6) is 5.75 Å². The van der Waals surface area contributed by atoms with E-state index in [2.05, 4.69) is 31.8 Å². The third-order valence-electron chi connectivity index (χ3n) is 5.87. The van der Waals surface area contributed by atoms with Crippen LogP contribution in [-0.4, -0.2) is 58.6 Å². The van der Waals surface area contributed by atoms with Gasteiger partial charge >= 0.3 is 0 Å². The Morgan fingerprint density at radius 1 is 1.21 bits per heavy atom. The SMILES string of the molecule is COc1ccc2ncc(SCCN3CCC(NCc4cc(-c5cccs5)on4)CC3)nc2c1. The van der Waals surface area contributed by atoms with Crippen molar-refractivity contribution < 1.29 is 9.26 Å². The zero-order valence-electron chi connectivity index (χ0n) is 18.6. The van der Waals surface area contributed by atoms with Crippen molar-refractivity contribution in [1.29, 1.82) is 0 Å². The van der Waals surface area contributed by atoms with Crippen LogP contribution in [0.2, 0.25) is 0 Å². The third kappa shape index (κ3) is 5.73. The van der Waals surface area contributed by atoms with Crippen LogP contribution in [0, 0.1) is 0 Å². The quantitative estimate of drug-likeness (QED) is 0.345. The Hall–Kier alpha value is -2.46. The summed E-state index contributed by atoms with van der Waals surface area (Å²) in [6.07, 6.45) is 4.16. The van der Waals surface area contributed by atoms with Gasteiger partial charge in [0, 0.05) is 37.0 Å². The molecule has 4 aromatic rings. The molecule has 7 nitrogen and oxygen atoms in total. The fraction of sp³-hybridized carbons (Fsp3) is 0.375. The number of thiophene rings is 1. The van der Waals surface area contributed by atoms with E-state index in [0.29, 0.717) is 6.04 Å². The molecule has 172 valence electrons. The van der Waals surface area contributed by atoms with Gasteiger partial charge in [-0.05, 0) is 49.5 Å². The van der Waals surface area contributed by atoms with E-state index in [4.69, 9.17) is 14.2 Å². The van der Waals surface area contributed by atoms with Crippen LogP contribution in [0.1, 0.15) is 18.5 Å². The minimum absolute atomic E-state index is 0.525. The molecule has 1 saturated heterocycles. The van der Waals surface area contributed by atoms with E-state index in [1.165, 1.54) is 0 Å². The zero-order chi connectivity index (χ0) is 22.5. The van der Waals surface area contributed by atoms with E-state index in [0.717, 1.165) is 82.9 Å². The van der Waals surface area contributed by atoms with Gasteiger partial charge < -0.3 is 19.5 Å². The first-order chi connectivity index (χ1) is 16.3. The highest BCUT2D eigenvalue weighted by atomic mass is 32.2. The molecule has 0 amide bonds. The van der Waals surface area contributed by atoms with Crippen LogP contribution in [0.4, 0.5) is 0 Å². The van der Waals surface area contributed by atoms with Crippen LogP contribution in [0.15, 0.2) is 57.5 Å². The maximum atomic E-state index is 5.48. The fourth-order valence-corrected chi connectivity index (χ4v) is 5.51. The first kappa shape index (κ1) is 22.3. The number of fused-ring (bicyclic) bond motifs is 1. The molecule has 33 heavy (non-hydrogen) atoms. The smallest absolute Gasteiger partial charge is 0.177 e. The Labute approximate surface area is 201 Å². The highest BCUT2D eigenvalue weighted by Gasteiger charge is 2.19. The van der Waals surface area contributed by atoms with Crippen molar-refractivity contribution in [1.82, 2.24) is 25.3 Å². The molecule has 1 aromatic carbocycles. The van der Waals surface area contributed by atoms with Crippen molar-refractivity contribution in [3.05, 3.63) is 53.7 Å². The number of nitrogens with zero attached hydrogens (tertiary/aromatic N) is 4. The summed E-state index contributed by atoms with van der Waals surface area (Å²) in [7, 11) is 1.67. The van der Waals surface area contributed by atoms with Gasteiger partial charge in [-0.25, -0.2) is 4.98 Å². The second kappa shape index (κ2) is 10.6. The fourth-order valence-electron chi connectivity index (χ4n) is 3.99. The number of thioether (sulfide) groups is 1. The maximum absolute atomic E-state index is 5.48. The second-order valence-corrected chi connectivity index (χ2v) is 10.1. The average molecular weight is 482 g/mol. The van der Waals surface area contributed by atoms with Gasteiger partial charge in [0.05, 0.1) is 34.9 Å². The first-order valence-corrected chi connectivity index (χ1v) is 13.0. The van der Waals surface area contributed by atoms with Gasteiger partial charge in [-0.1, -0.05) is 11.2 Å². The standard InChI is InChI=1S/C24H27N5O2S2/c1-30-19-4-5-20-21(14-19)27-24(16-26-20)33-12-10-29-8-6-17(7-9-29)25-15-18-13-22(31-28-18)23-3-2-11-32-23/h2-5,11,13-14,16-17,25H,6-10,12,15H2,1H3. The summed E-state index contributed by atoms with van der Waals surface area (Å²) in [5.41, 5.74) is 2.73. The third-order valence-corrected chi connectivity index (χ3v) is 7.63. The molecule has 3 aromatic heterocycles. The lowest BCUT2D eigenvalue weighted by molar-refractivity contribution is 0.207. The van der Waals surface area contributed by atoms with Crippen LogP contribution in [0.25, 0.3) is 21.7 Å². The van der Waals surface area contributed by atoms with Crippen molar-refractivity contribution >= 4 is 34.1 Å². The normalized spacial score (nSPS) is 15.3. The number of aromatic nitrogens is 3. The number of piperidine rings is 1. The predicted molar refractivity (Wildman–Crippen MR) is 133 cm³/mol. The number of likely N-dealkylation sites (tertiary alicyclic amines) is 1. The van der Waals surface area contributed by atoms with E-state index in [1.54, 1.807) is 30.2 Å². The van der Waals surface area contributed by atoms with Gasteiger partial charge in [-0.15, -0.1) is 23.1 Å². The lowest BCUT2D eigenvalue weighted by atomic mass is 10.1. The number of hydrogen-bond acceptors (Lipinski definition) is 9. The van der Waals surface area contributed by atoms with Crippen LogP contribution in [0.3, 0.4) is 0 Å². The lowest BCUT2D eigenvalue weighted by Gasteiger charge is -2.32. The molecule has 1 fully saturated rings. The van der Waals surface area contributed by atoms with Gasteiger partial charge in [0.25, 0.3) is 0 Å². The minimum Gasteiger partial charge on any atom is -0.497 e. The Morgan fingerprint density at radius 3 is 2.94 bits per heavy atom. The molecule has 0 atom stereocenters. The Morgan fingerprint density at radius 2 is 2.12 bits per heavy atom. The van der Waals surface area contributed by atoms with Crippen LogP contribution in [-0.2, 0) is 6.54 Å². The maximum Gasteiger partial charge on any atom is 0.177 e. The van der Waals surface area contributed by atoms with Gasteiger partial charge in [-0.2, -0.15) is 0 Å². The van der Waals surface area contributed by atoms with Gasteiger partial charge in [0.2, 0.25) is 0 Å². The summed E-state index contributed by atoms with van der Waals surface area (Å²) in [5, 5.41) is 10.9. The Kier molecular flexibility index (Phi) is 7.21. The number of benzene rings is 1. The topological polar surface area (TPSA) is 76.3 Å². The number of hydrogen-bond donors (Lipinski definition) is 1. The van der Waals surface area contributed by atoms with Gasteiger partial charge in [0.1, 0.15) is 10.8 Å². The van der Waals surface area contributed by atoms with E-state index in [-0.39, 0.29) is 0 Å². The molecule has 9 heteroatoms. The molecule has 0 radical (unpaired) electrons. The summed E-state index contributed by atoms with van der Waals surface area (Å²) >= 11 is 3.43. The molecule has 0 aliphatic carbocycles. The molecule has 5 rings (SSSR count). The van der Waals surface area contributed by atoms with Crippen molar-refractivity contribution in [3.8, 4) is 16.4 Å². The van der Waals surface area contributed by atoms with Gasteiger partial charge in [0.15, 0.2) is 5.76 Å². The van der Waals surface area contributed by atoms with Crippen LogP contribution >= 0.6 is 23.1 Å². The summed E-state index contributed by atoms with van der Waals surface area (Å²) < 4.78 is 10.8. The predicted octanol–water partition coefficient (Wildman–Crippen LogP) is 4.70. The van der Waals surface area contributed by atoms with E-state index < -0.39 is 0 Å². The Bertz CT molecular complexity index is 1170. The largest absolute Gasteiger partial charge is 0.497 e. The van der Waals surface area contributed by atoms with Gasteiger partial charge in [-0.3, -0.25) is 4.98 Å². The van der Waals surface area contributed by atoms with E-state index in [1.807, 2.05) is 36.5 Å². The molecule has 0 spiro atoms. The Balaban J connectivity index is 1.03.